The Morgan fingerprint density at radius 1 is 0.871 bits per heavy atom. The van der Waals surface area contributed by atoms with Crippen molar-refractivity contribution in [2.24, 2.45) is 0 Å². The molecule has 0 aromatic heterocycles. The molecule has 170 valence electrons. The lowest BCUT2D eigenvalue weighted by Crippen LogP contribution is -2.52. The van der Waals surface area contributed by atoms with E-state index < -0.39 is 54.6 Å². The fourth-order valence-electron chi connectivity index (χ4n) is 3.08. The summed E-state index contributed by atoms with van der Waals surface area (Å²) in [5.41, 5.74) is 0.766. The molecule has 1 aromatic rings. The van der Waals surface area contributed by atoms with Gasteiger partial charge in [-0.25, -0.2) is 0 Å². The Balaban J connectivity index is 2.41. The van der Waals surface area contributed by atoms with Crippen molar-refractivity contribution in [2.45, 2.75) is 58.4 Å². The van der Waals surface area contributed by atoms with Gasteiger partial charge in [0.15, 0.2) is 12.2 Å². The number of carbonyl (C=O) groups excluding carboxylic acids is 4. The van der Waals surface area contributed by atoms with Crippen LogP contribution in [-0.2, 0) is 54.2 Å². The first-order chi connectivity index (χ1) is 14.6. The van der Waals surface area contributed by atoms with Gasteiger partial charge in [-0.15, -0.1) is 0 Å². The maximum absolute atomic E-state index is 11.8. The number of hydrogen-bond acceptors (Lipinski definition) is 10. The molecule has 2 rings (SSSR count). The highest BCUT2D eigenvalue weighted by Crippen LogP contribution is 2.38. The second kappa shape index (κ2) is 10.9. The van der Waals surface area contributed by atoms with Gasteiger partial charge < -0.3 is 28.4 Å². The van der Waals surface area contributed by atoms with Gasteiger partial charge in [0.1, 0.15) is 19.3 Å². The van der Waals surface area contributed by atoms with E-state index in [0.29, 0.717) is 0 Å². The minimum absolute atomic E-state index is 0.00689. The summed E-state index contributed by atoms with van der Waals surface area (Å²) in [4.78, 5) is 46.4. The molecule has 0 spiro atoms. The van der Waals surface area contributed by atoms with Crippen molar-refractivity contribution in [3.05, 3.63) is 35.9 Å². The van der Waals surface area contributed by atoms with Crippen molar-refractivity contribution in [3.63, 3.8) is 0 Å². The number of benzene rings is 1. The number of rotatable bonds is 9. The van der Waals surface area contributed by atoms with Crippen LogP contribution in [0.25, 0.3) is 0 Å². The summed E-state index contributed by atoms with van der Waals surface area (Å²) in [5.74, 6) is -4.39. The molecule has 31 heavy (non-hydrogen) atoms. The van der Waals surface area contributed by atoms with Crippen molar-refractivity contribution in [2.75, 3.05) is 13.2 Å². The summed E-state index contributed by atoms with van der Waals surface area (Å²) < 4.78 is 32.8. The van der Waals surface area contributed by atoms with Crippen LogP contribution in [0.4, 0.5) is 0 Å². The maximum atomic E-state index is 11.8. The minimum atomic E-state index is -1.81. The summed E-state index contributed by atoms with van der Waals surface area (Å²) in [6.07, 6.45) is -3.51. The highest BCUT2D eigenvalue weighted by Gasteiger charge is 2.61. The predicted molar refractivity (Wildman–Crippen MR) is 103 cm³/mol. The summed E-state index contributed by atoms with van der Waals surface area (Å²) in [6.45, 7) is 3.98. The first-order valence-electron chi connectivity index (χ1n) is 9.60. The number of carbonyl (C=O) groups is 4. The third kappa shape index (κ3) is 7.04. The van der Waals surface area contributed by atoms with Gasteiger partial charge in [-0.3, -0.25) is 19.2 Å². The highest BCUT2D eigenvalue weighted by molar-refractivity contribution is 5.68. The molecule has 10 heteroatoms. The highest BCUT2D eigenvalue weighted by atomic mass is 16.8. The SMILES string of the molecule is CC(=O)OC[C@@H]1O[C@](COC(C)=O)(OCc2ccccc2)[C@@H](OC(C)=O)[C@H]1OC(C)=O. The molecule has 1 fully saturated rings. The molecule has 1 aliphatic heterocycles. The Labute approximate surface area is 179 Å². The molecule has 0 N–H and O–H groups in total. The predicted octanol–water partition coefficient (Wildman–Crippen LogP) is 1.29. The van der Waals surface area contributed by atoms with E-state index in [-0.39, 0.29) is 13.2 Å². The molecule has 4 atom stereocenters. The monoisotopic (exact) mass is 438 g/mol. The van der Waals surface area contributed by atoms with Crippen LogP contribution >= 0.6 is 0 Å². The summed E-state index contributed by atoms with van der Waals surface area (Å²) in [6, 6.07) is 9.05. The van der Waals surface area contributed by atoms with Crippen molar-refractivity contribution in [3.8, 4) is 0 Å². The zero-order valence-electron chi connectivity index (χ0n) is 17.8. The van der Waals surface area contributed by atoms with Gasteiger partial charge >= 0.3 is 23.9 Å². The van der Waals surface area contributed by atoms with E-state index in [4.69, 9.17) is 28.4 Å². The van der Waals surface area contributed by atoms with Crippen LogP contribution in [0.15, 0.2) is 30.3 Å². The summed E-state index contributed by atoms with van der Waals surface area (Å²) >= 11 is 0. The van der Waals surface area contributed by atoms with Gasteiger partial charge in [0, 0.05) is 27.7 Å². The van der Waals surface area contributed by atoms with Crippen LogP contribution in [0.5, 0.6) is 0 Å². The molecule has 0 unspecified atom stereocenters. The second-order valence-electron chi connectivity index (χ2n) is 6.93. The van der Waals surface area contributed by atoms with Crippen LogP contribution < -0.4 is 0 Å². The largest absolute Gasteiger partial charge is 0.463 e. The normalized spacial score (nSPS) is 24.8. The first-order valence-corrected chi connectivity index (χ1v) is 9.60. The van der Waals surface area contributed by atoms with Gasteiger partial charge in [0.2, 0.25) is 5.79 Å². The van der Waals surface area contributed by atoms with Crippen molar-refractivity contribution in [1.82, 2.24) is 0 Å². The fourth-order valence-corrected chi connectivity index (χ4v) is 3.08. The molecular weight excluding hydrogens is 412 g/mol. The topological polar surface area (TPSA) is 124 Å². The van der Waals surface area contributed by atoms with Crippen LogP contribution in [0, 0.1) is 0 Å². The van der Waals surface area contributed by atoms with Crippen LogP contribution in [0.3, 0.4) is 0 Å². The van der Waals surface area contributed by atoms with Crippen molar-refractivity contribution >= 4 is 23.9 Å². The third-order valence-corrected chi connectivity index (χ3v) is 4.30. The Morgan fingerprint density at radius 2 is 1.48 bits per heavy atom. The van der Waals surface area contributed by atoms with Gasteiger partial charge in [-0.05, 0) is 5.56 Å². The first kappa shape index (κ1) is 24.3. The molecule has 10 nitrogen and oxygen atoms in total. The second-order valence-corrected chi connectivity index (χ2v) is 6.93. The molecular formula is C21H26O10. The molecule has 0 amide bonds. The molecule has 1 heterocycles. The standard InChI is InChI=1S/C21H26O10/c1-13(22)26-11-18-19(29-15(3)24)20(30-16(4)25)21(31-18,12-27-14(2)23)28-10-17-8-6-5-7-9-17/h5-9,18-20H,10-12H2,1-4H3/t18-,19-,20-,21-/m0/s1. The fraction of sp³-hybridized carbons (Fsp3) is 0.524. The quantitative estimate of drug-likeness (QED) is 0.411. The molecule has 1 aliphatic rings. The van der Waals surface area contributed by atoms with Gasteiger partial charge in [-0.2, -0.15) is 0 Å². The number of hydrogen-bond donors (Lipinski definition) is 0. The van der Waals surface area contributed by atoms with Crippen LogP contribution in [0.2, 0.25) is 0 Å². The minimum Gasteiger partial charge on any atom is -0.463 e. The van der Waals surface area contributed by atoms with Gasteiger partial charge in [0.05, 0.1) is 6.61 Å². The maximum Gasteiger partial charge on any atom is 0.303 e. The van der Waals surface area contributed by atoms with Crippen LogP contribution in [-0.4, -0.2) is 61.2 Å². The van der Waals surface area contributed by atoms with E-state index in [1.807, 2.05) is 18.2 Å². The van der Waals surface area contributed by atoms with E-state index in [9.17, 15) is 19.2 Å². The summed E-state index contributed by atoms with van der Waals surface area (Å²) in [7, 11) is 0. The van der Waals surface area contributed by atoms with E-state index in [2.05, 4.69) is 0 Å². The molecule has 0 bridgehead atoms. The van der Waals surface area contributed by atoms with Gasteiger partial charge in [0.25, 0.3) is 0 Å². The van der Waals surface area contributed by atoms with Crippen molar-refractivity contribution in [1.29, 1.82) is 0 Å². The molecule has 1 aromatic carbocycles. The lowest BCUT2D eigenvalue weighted by Gasteiger charge is -2.33. The van der Waals surface area contributed by atoms with E-state index in [1.165, 1.54) is 20.8 Å². The lowest BCUT2D eigenvalue weighted by atomic mass is 10.0. The third-order valence-electron chi connectivity index (χ3n) is 4.30. The average Bonchev–Trinajstić information content (AvgIpc) is 2.96. The zero-order chi connectivity index (χ0) is 23.0. The molecule has 0 aliphatic carbocycles. The Bertz CT molecular complexity index is 793. The molecule has 1 saturated heterocycles. The average molecular weight is 438 g/mol. The molecule has 0 saturated carbocycles. The van der Waals surface area contributed by atoms with Gasteiger partial charge in [-0.1, -0.05) is 30.3 Å². The number of esters is 4. The Morgan fingerprint density at radius 3 is 2.03 bits per heavy atom. The Hall–Kier alpha value is -2.98. The Kier molecular flexibility index (Phi) is 8.52. The lowest BCUT2D eigenvalue weighted by molar-refractivity contribution is -0.286. The molecule has 0 radical (unpaired) electrons. The number of ether oxygens (including phenoxy) is 6. The van der Waals surface area contributed by atoms with Crippen molar-refractivity contribution < 1.29 is 47.6 Å². The zero-order valence-corrected chi connectivity index (χ0v) is 17.8. The smallest absolute Gasteiger partial charge is 0.303 e. The van der Waals surface area contributed by atoms with E-state index in [0.717, 1.165) is 12.5 Å². The van der Waals surface area contributed by atoms with E-state index >= 15 is 0 Å². The van der Waals surface area contributed by atoms with Crippen LogP contribution in [0.1, 0.15) is 33.3 Å². The van der Waals surface area contributed by atoms with E-state index in [1.54, 1.807) is 12.1 Å². The summed E-state index contributed by atoms with van der Waals surface area (Å²) in [5, 5.41) is 0.